The predicted molar refractivity (Wildman–Crippen MR) is 159 cm³/mol. The van der Waals surface area contributed by atoms with E-state index in [1.807, 2.05) is 12.3 Å². The van der Waals surface area contributed by atoms with Gasteiger partial charge >= 0.3 is 0 Å². The first-order valence-electron chi connectivity index (χ1n) is 12.7. The summed E-state index contributed by atoms with van der Waals surface area (Å²) < 4.78 is 0.990. The van der Waals surface area contributed by atoms with E-state index in [-0.39, 0.29) is 5.41 Å². The summed E-state index contributed by atoms with van der Waals surface area (Å²) in [5.41, 5.74) is 13.3. The number of rotatable bonds is 4. The Balaban J connectivity index is 1.46. The van der Waals surface area contributed by atoms with E-state index in [2.05, 4.69) is 145 Å². The Morgan fingerprint density at radius 3 is 1.73 bits per heavy atom. The highest BCUT2D eigenvalue weighted by Gasteiger charge is 2.36. The predicted octanol–water partition coefficient (Wildman–Crippen LogP) is 9.90. The van der Waals surface area contributed by atoms with Crippen LogP contribution in [0.4, 0.5) is 17.1 Å². The number of nitrogens with zero attached hydrogens (tertiary/aromatic N) is 2. The van der Waals surface area contributed by atoms with Gasteiger partial charge in [-0.25, -0.2) is 0 Å². The molecule has 0 saturated heterocycles. The molecule has 3 heteroatoms. The Hall–Kier alpha value is -3.69. The van der Waals surface area contributed by atoms with E-state index < -0.39 is 0 Å². The van der Waals surface area contributed by atoms with Gasteiger partial charge in [0.15, 0.2) is 0 Å². The maximum absolute atomic E-state index is 4.63. The monoisotopic (exact) mass is 544 g/mol. The third-order valence-electron chi connectivity index (χ3n) is 7.53. The van der Waals surface area contributed by atoms with Gasteiger partial charge in [0.2, 0.25) is 0 Å². The van der Waals surface area contributed by atoms with E-state index in [0.29, 0.717) is 0 Å². The molecule has 1 aromatic heterocycles. The van der Waals surface area contributed by atoms with Gasteiger partial charge in [-0.2, -0.15) is 0 Å². The fourth-order valence-corrected chi connectivity index (χ4v) is 5.64. The second-order valence-corrected chi connectivity index (χ2v) is 11.4. The van der Waals surface area contributed by atoms with E-state index in [0.717, 1.165) is 27.1 Å². The van der Waals surface area contributed by atoms with Crippen molar-refractivity contribution in [2.45, 2.75) is 33.1 Å². The fourth-order valence-electron chi connectivity index (χ4n) is 5.41. The summed E-state index contributed by atoms with van der Waals surface area (Å²) in [7, 11) is 0. The van der Waals surface area contributed by atoms with Crippen molar-refractivity contribution in [3.05, 3.63) is 130 Å². The van der Waals surface area contributed by atoms with Crippen LogP contribution in [0.3, 0.4) is 0 Å². The van der Waals surface area contributed by atoms with Crippen LogP contribution in [0, 0.1) is 13.8 Å². The Bertz CT molecular complexity index is 1550. The smallest absolute Gasteiger partial charge is 0.0702 e. The van der Waals surface area contributed by atoms with Gasteiger partial charge in [0.05, 0.1) is 5.69 Å². The quantitative estimate of drug-likeness (QED) is 0.223. The molecular formula is C34H29BrN2. The third kappa shape index (κ3) is 4.18. The molecule has 2 nitrogen and oxygen atoms in total. The molecule has 0 aliphatic heterocycles. The summed E-state index contributed by atoms with van der Waals surface area (Å²) in [4.78, 5) is 6.99. The summed E-state index contributed by atoms with van der Waals surface area (Å²) in [6.45, 7) is 8.94. The highest BCUT2D eigenvalue weighted by Crippen LogP contribution is 2.51. The molecule has 0 unspecified atom stereocenters. The molecule has 0 radical (unpaired) electrons. The zero-order valence-corrected chi connectivity index (χ0v) is 23.2. The van der Waals surface area contributed by atoms with Gasteiger partial charge in [0.1, 0.15) is 0 Å². The molecule has 1 heterocycles. The molecule has 4 aromatic carbocycles. The number of halogens is 1. The molecule has 0 spiro atoms. The average molecular weight is 546 g/mol. The molecule has 0 amide bonds. The van der Waals surface area contributed by atoms with Gasteiger partial charge in [0.25, 0.3) is 0 Å². The molecular weight excluding hydrogens is 516 g/mol. The number of hydrogen-bond acceptors (Lipinski definition) is 2. The first kappa shape index (κ1) is 23.7. The Morgan fingerprint density at radius 2 is 1.16 bits per heavy atom. The highest BCUT2D eigenvalue weighted by atomic mass is 79.9. The van der Waals surface area contributed by atoms with Crippen LogP contribution in [0.5, 0.6) is 0 Å². The van der Waals surface area contributed by atoms with E-state index >= 15 is 0 Å². The van der Waals surface area contributed by atoms with Gasteiger partial charge in [0, 0.05) is 38.7 Å². The van der Waals surface area contributed by atoms with Crippen LogP contribution in [0.1, 0.15) is 36.1 Å². The number of aromatic nitrogens is 1. The van der Waals surface area contributed by atoms with Crippen LogP contribution in [-0.2, 0) is 5.41 Å². The zero-order chi connectivity index (χ0) is 25.7. The molecule has 0 bridgehead atoms. The number of anilines is 3. The van der Waals surface area contributed by atoms with E-state index in [1.54, 1.807) is 0 Å². The molecule has 1 aliphatic carbocycles. The lowest BCUT2D eigenvalue weighted by Gasteiger charge is -2.28. The number of hydrogen-bond donors (Lipinski definition) is 0. The van der Waals surface area contributed by atoms with E-state index in [4.69, 9.17) is 0 Å². The fraction of sp³-hybridized carbons (Fsp3) is 0.147. The van der Waals surface area contributed by atoms with Crippen LogP contribution >= 0.6 is 15.9 Å². The van der Waals surface area contributed by atoms with Crippen molar-refractivity contribution in [1.29, 1.82) is 0 Å². The summed E-state index contributed by atoms with van der Waals surface area (Å²) >= 11 is 3.50. The molecule has 0 atom stereocenters. The molecule has 5 aromatic rings. The van der Waals surface area contributed by atoms with Gasteiger partial charge < -0.3 is 4.90 Å². The van der Waals surface area contributed by atoms with Crippen molar-refractivity contribution in [1.82, 2.24) is 4.98 Å². The van der Waals surface area contributed by atoms with Crippen LogP contribution in [-0.4, -0.2) is 4.98 Å². The Morgan fingerprint density at radius 1 is 0.622 bits per heavy atom. The standard InChI is InChI=1S/C34H29BrN2/c1-22-5-11-26(12-6-22)37(27-13-7-23(2)8-14-27)28-15-17-30-29-16-9-24(33-18-10-25(35)21-36-33)19-31(29)34(3,4)32(30)20-28/h5-21H,1-4H3. The number of benzene rings is 4. The largest absolute Gasteiger partial charge is 0.310 e. The van der Waals surface area contributed by atoms with Crippen LogP contribution in [0.15, 0.2) is 108 Å². The zero-order valence-electron chi connectivity index (χ0n) is 21.6. The van der Waals surface area contributed by atoms with Crippen LogP contribution in [0.25, 0.3) is 22.4 Å². The van der Waals surface area contributed by atoms with Gasteiger partial charge in [-0.05, 0) is 107 Å². The van der Waals surface area contributed by atoms with Crippen LogP contribution < -0.4 is 4.90 Å². The SMILES string of the molecule is Cc1ccc(N(c2ccc(C)cc2)c2ccc3c(c2)C(C)(C)c2cc(-c4ccc(Br)cn4)ccc2-3)cc1. The molecule has 0 N–H and O–H groups in total. The Kier molecular flexibility index (Phi) is 5.77. The third-order valence-corrected chi connectivity index (χ3v) is 7.99. The normalized spacial score (nSPS) is 13.2. The average Bonchev–Trinajstić information content (AvgIpc) is 3.13. The minimum atomic E-state index is -0.127. The van der Waals surface area contributed by atoms with Gasteiger partial charge in [-0.3, -0.25) is 4.98 Å². The minimum absolute atomic E-state index is 0.127. The molecule has 0 saturated carbocycles. The number of pyridine rings is 1. The number of aryl methyl sites for hydroxylation is 2. The summed E-state index contributed by atoms with van der Waals surface area (Å²) in [5, 5.41) is 0. The molecule has 182 valence electrons. The Labute approximate surface area is 227 Å². The molecule has 6 rings (SSSR count). The first-order valence-corrected chi connectivity index (χ1v) is 13.5. The lowest BCUT2D eigenvalue weighted by atomic mass is 9.81. The van der Waals surface area contributed by atoms with E-state index in [1.165, 1.54) is 39.1 Å². The summed E-state index contributed by atoms with van der Waals surface area (Å²) in [6, 6.07) is 35.4. The van der Waals surface area contributed by atoms with E-state index in [9.17, 15) is 0 Å². The summed E-state index contributed by atoms with van der Waals surface area (Å²) in [5.74, 6) is 0. The maximum atomic E-state index is 4.63. The van der Waals surface area contributed by atoms with Crippen molar-refractivity contribution in [3.63, 3.8) is 0 Å². The second kappa shape index (κ2) is 9.00. The van der Waals surface area contributed by atoms with Crippen molar-refractivity contribution in [3.8, 4) is 22.4 Å². The van der Waals surface area contributed by atoms with Crippen molar-refractivity contribution in [2.75, 3.05) is 4.90 Å². The topological polar surface area (TPSA) is 16.1 Å². The molecule has 1 aliphatic rings. The highest BCUT2D eigenvalue weighted by molar-refractivity contribution is 9.10. The minimum Gasteiger partial charge on any atom is -0.310 e. The lowest BCUT2D eigenvalue weighted by molar-refractivity contribution is 0.660. The van der Waals surface area contributed by atoms with Crippen LogP contribution in [0.2, 0.25) is 0 Å². The maximum Gasteiger partial charge on any atom is 0.0702 e. The van der Waals surface area contributed by atoms with Crippen molar-refractivity contribution < 1.29 is 0 Å². The number of fused-ring (bicyclic) bond motifs is 3. The second-order valence-electron chi connectivity index (χ2n) is 10.5. The van der Waals surface area contributed by atoms with Crippen molar-refractivity contribution >= 4 is 33.0 Å². The summed E-state index contributed by atoms with van der Waals surface area (Å²) in [6.07, 6.45) is 1.86. The van der Waals surface area contributed by atoms with Gasteiger partial charge in [-0.1, -0.05) is 67.4 Å². The first-order chi connectivity index (χ1) is 17.8. The molecule has 37 heavy (non-hydrogen) atoms. The molecule has 0 fully saturated rings. The van der Waals surface area contributed by atoms with Crippen molar-refractivity contribution in [2.24, 2.45) is 0 Å². The van der Waals surface area contributed by atoms with Gasteiger partial charge in [-0.15, -0.1) is 0 Å². The lowest BCUT2D eigenvalue weighted by Crippen LogP contribution is -2.16.